The number of rotatable bonds is 8. The fourth-order valence-corrected chi connectivity index (χ4v) is 6.36. The van der Waals surface area contributed by atoms with E-state index in [2.05, 4.69) is 34.1 Å². The maximum atomic E-state index is 13.2. The van der Waals surface area contributed by atoms with Crippen LogP contribution in [0.1, 0.15) is 57.5 Å². The van der Waals surface area contributed by atoms with Crippen LogP contribution in [0.3, 0.4) is 0 Å². The molecule has 0 radical (unpaired) electrons. The van der Waals surface area contributed by atoms with Crippen LogP contribution < -0.4 is 0 Å². The van der Waals surface area contributed by atoms with Gasteiger partial charge in [0, 0.05) is 51.4 Å². The minimum atomic E-state index is -0.264. The smallest absolute Gasteiger partial charge is 0.260 e. The molecular weight excluding hydrogens is 552 g/mol. The predicted octanol–water partition coefficient (Wildman–Crippen LogP) is 4.71. The lowest BCUT2D eigenvalue weighted by atomic mass is 9.95. The summed E-state index contributed by atoms with van der Waals surface area (Å²) in [4.78, 5) is 59.1. The van der Waals surface area contributed by atoms with E-state index in [1.165, 1.54) is 20.9 Å². The zero-order chi connectivity index (χ0) is 31.1. The van der Waals surface area contributed by atoms with Crippen LogP contribution in [0.15, 0.2) is 84.9 Å². The van der Waals surface area contributed by atoms with E-state index in [-0.39, 0.29) is 35.5 Å². The molecule has 2 saturated heterocycles. The van der Waals surface area contributed by atoms with Crippen LogP contribution in [0.2, 0.25) is 0 Å². The summed E-state index contributed by atoms with van der Waals surface area (Å²) in [6.07, 6.45) is 3.41. The van der Waals surface area contributed by atoms with Gasteiger partial charge in [0.15, 0.2) is 0 Å². The average molecular weight is 595 g/mol. The lowest BCUT2D eigenvalue weighted by Gasteiger charge is -2.34. The Bertz CT molecular complexity index is 1330. The van der Waals surface area contributed by atoms with E-state index >= 15 is 0 Å². The molecule has 0 spiro atoms. The predicted molar refractivity (Wildman–Crippen MR) is 170 cm³/mol. The molecule has 2 fully saturated rings. The van der Waals surface area contributed by atoms with Crippen molar-refractivity contribution in [2.24, 2.45) is 11.8 Å². The Morgan fingerprint density at radius 1 is 0.591 bits per heavy atom. The van der Waals surface area contributed by atoms with Gasteiger partial charge in [-0.25, -0.2) is 0 Å². The Morgan fingerprint density at radius 3 is 1.32 bits per heavy atom. The molecular formula is C36H42N4O4. The molecule has 4 amide bonds. The second-order valence-electron chi connectivity index (χ2n) is 12.1. The quantitative estimate of drug-likeness (QED) is 0.352. The van der Waals surface area contributed by atoms with Gasteiger partial charge in [0.2, 0.25) is 11.8 Å². The molecule has 5 rings (SSSR count). The SMILES string of the molecule is CN(C(=O)c1ccccc1)C(=O)C1CCCN(Cc2ccc(CN3CCCC(C(=O)N(C)C(=O)c4ccccc4)C3)cc2)C1. The van der Waals surface area contributed by atoms with E-state index in [0.717, 1.165) is 51.9 Å². The number of carbonyl (C=O) groups excluding carboxylic acids is 4. The number of benzene rings is 3. The first-order valence-corrected chi connectivity index (χ1v) is 15.6. The number of amides is 4. The molecule has 3 aromatic carbocycles. The fraction of sp³-hybridized carbons (Fsp3) is 0.389. The van der Waals surface area contributed by atoms with Crippen LogP contribution in [-0.4, -0.2) is 83.5 Å². The van der Waals surface area contributed by atoms with E-state index in [4.69, 9.17) is 0 Å². The van der Waals surface area contributed by atoms with Crippen molar-refractivity contribution >= 4 is 23.6 Å². The third kappa shape index (κ3) is 7.68. The first-order valence-electron chi connectivity index (χ1n) is 15.6. The summed E-state index contributed by atoms with van der Waals surface area (Å²) in [7, 11) is 3.16. The Balaban J connectivity index is 1.11. The van der Waals surface area contributed by atoms with Crippen molar-refractivity contribution in [1.82, 2.24) is 19.6 Å². The molecule has 2 atom stereocenters. The molecule has 8 heteroatoms. The van der Waals surface area contributed by atoms with Crippen LogP contribution in [0, 0.1) is 11.8 Å². The monoisotopic (exact) mass is 594 g/mol. The molecule has 0 saturated carbocycles. The van der Waals surface area contributed by atoms with Gasteiger partial charge in [0.1, 0.15) is 0 Å². The third-order valence-corrected chi connectivity index (χ3v) is 8.86. The summed E-state index contributed by atoms with van der Waals surface area (Å²) in [6, 6.07) is 26.4. The number of likely N-dealkylation sites (tertiary alicyclic amines) is 2. The molecule has 2 heterocycles. The fourth-order valence-electron chi connectivity index (χ4n) is 6.36. The maximum Gasteiger partial charge on any atom is 0.260 e. The van der Waals surface area contributed by atoms with Crippen molar-refractivity contribution in [1.29, 1.82) is 0 Å². The number of hydrogen-bond acceptors (Lipinski definition) is 6. The third-order valence-electron chi connectivity index (χ3n) is 8.86. The second-order valence-corrected chi connectivity index (χ2v) is 12.1. The van der Waals surface area contributed by atoms with Gasteiger partial charge in [-0.15, -0.1) is 0 Å². The number of carbonyl (C=O) groups is 4. The number of nitrogens with zero attached hydrogens (tertiary/aromatic N) is 4. The summed E-state index contributed by atoms with van der Waals surface area (Å²) >= 11 is 0. The van der Waals surface area contributed by atoms with E-state index < -0.39 is 0 Å². The van der Waals surface area contributed by atoms with Gasteiger partial charge in [-0.1, -0.05) is 60.7 Å². The Morgan fingerprint density at radius 2 is 0.955 bits per heavy atom. The van der Waals surface area contributed by atoms with Crippen LogP contribution >= 0.6 is 0 Å². The van der Waals surface area contributed by atoms with Crippen LogP contribution in [0.4, 0.5) is 0 Å². The van der Waals surface area contributed by atoms with Crippen LogP contribution in [-0.2, 0) is 22.7 Å². The van der Waals surface area contributed by atoms with E-state index in [0.29, 0.717) is 24.2 Å². The van der Waals surface area contributed by atoms with Gasteiger partial charge in [-0.3, -0.25) is 38.8 Å². The summed E-state index contributed by atoms with van der Waals surface area (Å²) in [5.74, 6) is -1.16. The van der Waals surface area contributed by atoms with E-state index in [1.54, 1.807) is 62.6 Å². The molecule has 2 aliphatic rings. The molecule has 0 bridgehead atoms. The van der Waals surface area contributed by atoms with Crippen LogP contribution in [0.5, 0.6) is 0 Å². The van der Waals surface area contributed by atoms with Crippen LogP contribution in [0.25, 0.3) is 0 Å². The molecule has 2 unspecified atom stereocenters. The van der Waals surface area contributed by atoms with Crippen molar-refractivity contribution in [3.8, 4) is 0 Å². The molecule has 230 valence electrons. The number of piperidine rings is 2. The van der Waals surface area contributed by atoms with Gasteiger partial charge in [-0.2, -0.15) is 0 Å². The average Bonchev–Trinajstić information content (AvgIpc) is 3.08. The highest BCUT2D eigenvalue weighted by molar-refractivity contribution is 6.05. The maximum absolute atomic E-state index is 13.2. The van der Waals surface area contributed by atoms with Crippen molar-refractivity contribution < 1.29 is 19.2 Å². The summed E-state index contributed by atoms with van der Waals surface area (Å²) in [6.45, 7) is 4.62. The Kier molecular flexibility index (Phi) is 10.4. The molecule has 3 aromatic rings. The highest BCUT2D eigenvalue weighted by Gasteiger charge is 2.32. The summed E-state index contributed by atoms with van der Waals surface area (Å²) in [5.41, 5.74) is 3.41. The van der Waals surface area contributed by atoms with Gasteiger partial charge in [0.05, 0.1) is 11.8 Å². The van der Waals surface area contributed by atoms with Crippen molar-refractivity contribution in [3.05, 3.63) is 107 Å². The van der Waals surface area contributed by atoms with Crippen molar-refractivity contribution in [3.63, 3.8) is 0 Å². The van der Waals surface area contributed by atoms with Crippen molar-refractivity contribution in [2.45, 2.75) is 38.8 Å². The van der Waals surface area contributed by atoms with E-state index in [9.17, 15) is 19.2 Å². The van der Waals surface area contributed by atoms with Gasteiger partial charge >= 0.3 is 0 Å². The zero-order valence-corrected chi connectivity index (χ0v) is 25.7. The largest absolute Gasteiger partial charge is 0.298 e. The number of imide groups is 2. The second kappa shape index (κ2) is 14.6. The summed E-state index contributed by atoms with van der Waals surface area (Å²) in [5, 5.41) is 0. The molecule has 8 nitrogen and oxygen atoms in total. The Labute approximate surface area is 260 Å². The van der Waals surface area contributed by atoms with E-state index in [1.807, 2.05) is 12.1 Å². The standard InChI is InChI=1S/C36H42N4O4/c1-37(33(41)29-11-5-3-6-12-29)35(43)31-15-9-21-39(25-31)23-27-17-19-28(20-18-27)24-40-22-10-16-32(26-40)36(44)38(2)34(42)30-13-7-4-8-14-30/h3-8,11-14,17-20,31-32H,9-10,15-16,21-26H2,1-2H3. The van der Waals surface area contributed by atoms with Crippen molar-refractivity contribution in [2.75, 3.05) is 40.3 Å². The first kappa shape index (κ1) is 31.3. The highest BCUT2D eigenvalue weighted by atomic mass is 16.2. The first-order chi connectivity index (χ1) is 21.3. The Hall–Kier alpha value is -4.14. The molecule has 2 aliphatic heterocycles. The van der Waals surface area contributed by atoms with Gasteiger partial charge < -0.3 is 0 Å². The van der Waals surface area contributed by atoms with Gasteiger partial charge in [0.25, 0.3) is 11.8 Å². The lowest BCUT2D eigenvalue weighted by Crippen LogP contribution is -2.45. The number of hydrogen-bond donors (Lipinski definition) is 0. The normalized spacial score (nSPS) is 19.2. The highest BCUT2D eigenvalue weighted by Crippen LogP contribution is 2.23. The molecule has 0 aromatic heterocycles. The topological polar surface area (TPSA) is 81.2 Å². The minimum absolute atomic E-state index is 0.118. The molecule has 0 aliphatic carbocycles. The summed E-state index contributed by atoms with van der Waals surface area (Å²) < 4.78 is 0. The van der Waals surface area contributed by atoms with Gasteiger partial charge in [-0.05, 0) is 74.2 Å². The minimum Gasteiger partial charge on any atom is -0.298 e. The molecule has 0 N–H and O–H groups in total. The lowest BCUT2D eigenvalue weighted by molar-refractivity contribution is -0.134. The molecule has 44 heavy (non-hydrogen) atoms. The zero-order valence-electron chi connectivity index (χ0n) is 25.7.